The van der Waals surface area contributed by atoms with Crippen molar-refractivity contribution in [2.75, 3.05) is 24.7 Å². The number of hydrogen-bond acceptors (Lipinski definition) is 6. The zero-order valence-electron chi connectivity index (χ0n) is 22.0. The van der Waals surface area contributed by atoms with E-state index in [1.165, 1.54) is 4.90 Å². The number of carbonyl (C=O) groups excluding carboxylic acids is 3. The van der Waals surface area contributed by atoms with E-state index in [0.29, 0.717) is 12.0 Å². The van der Waals surface area contributed by atoms with Gasteiger partial charge in [0.1, 0.15) is 17.6 Å². The Morgan fingerprint density at radius 3 is 2.46 bits per heavy atom. The fraction of sp³-hybridized carbons (Fsp3) is 0.387. The van der Waals surface area contributed by atoms with E-state index in [2.05, 4.69) is 0 Å². The number of carbonyl (C=O) groups is 3. The van der Waals surface area contributed by atoms with E-state index in [1.807, 2.05) is 80.6 Å². The number of para-hydroxylation sites is 1. The molecule has 1 N–H and O–H groups in total. The normalized spacial score (nSPS) is 30.7. The lowest BCUT2D eigenvalue weighted by Crippen LogP contribution is -2.56. The Hall–Kier alpha value is -3.75. The largest absolute Gasteiger partial charge is 0.465 e. The van der Waals surface area contributed by atoms with Crippen LogP contribution < -0.4 is 4.90 Å². The highest BCUT2D eigenvalue weighted by atomic mass is 16.6. The minimum Gasteiger partial charge on any atom is -0.465 e. The number of aliphatic hydroxyl groups excluding tert-OH is 1. The van der Waals surface area contributed by atoms with Crippen LogP contribution >= 0.6 is 0 Å². The minimum atomic E-state index is -1.40. The molecule has 4 aliphatic heterocycles. The summed E-state index contributed by atoms with van der Waals surface area (Å²) in [5.41, 5.74) is 1.94. The van der Waals surface area contributed by atoms with Gasteiger partial charge in [-0.1, -0.05) is 72.8 Å². The molecule has 1 unspecified atom stereocenters. The van der Waals surface area contributed by atoms with Crippen molar-refractivity contribution in [2.24, 2.45) is 11.8 Å². The number of aryl methyl sites for hydroxylation is 2. The molecule has 0 saturated carbocycles. The Balaban J connectivity index is 1.54. The van der Waals surface area contributed by atoms with Crippen LogP contribution in [-0.2, 0) is 23.9 Å². The molecule has 0 aliphatic carbocycles. The van der Waals surface area contributed by atoms with Gasteiger partial charge in [0.15, 0.2) is 0 Å². The van der Waals surface area contributed by atoms with Crippen molar-refractivity contribution in [1.82, 2.24) is 4.90 Å². The van der Waals surface area contributed by atoms with Crippen LogP contribution in [0.15, 0.2) is 72.8 Å². The number of anilines is 1. The Morgan fingerprint density at radius 1 is 1.00 bits per heavy atom. The number of hydrogen-bond donors (Lipinski definition) is 1. The van der Waals surface area contributed by atoms with E-state index >= 15 is 0 Å². The van der Waals surface area contributed by atoms with E-state index in [1.54, 1.807) is 11.0 Å². The molecule has 2 aromatic carbocycles. The van der Waals surface area contributed by atoms with Crippen molar-refractivity contribution >= 4 is 23.5 Å². The van der Waals surface area contributed by atoms with E-state index in [9.17, 15) is 19.5 Å². The van der Waals surface area contributed by atoms with Gasteiger partial charge in [0.05, 0.1) is 31.3 Å². The molecule has 4 heterocycles. The van der Waals surface area contributed by atoms with Gasteiger partial charge in [0, 0.05) is 12.2 Å². The van der Waals surface area contributed by atoms with Crippen molar-refractivity contribution in [1.29, 1.82) is 0 Å². The Labute approximate surface area is 227 Å². The molecule has 8 heteroatoms. The zero-order chi connectivity index (χ0) is 27.3. The van der Waals surface area contributed by atoms with Gasteiger partial charge < -0.3 is 24.4 Å². The van der Waals surface area contributed by atoms with Gasteiger partial charge in [0.25, 0.3) is 5.91 Å². The molecule has 0 aromatic heterocycles. The maximum absolute atomic E-state index is 14.7. The maximum atomic E-state index is 14.7. The Bertz CT molecular complexity index is 1350. The summed E-state index contributed by atoms with van der Waals surface area (Å²) in [7, 11) is 0. The summed E-state index contributed by atoms with van der Waals surface area (Å²) in [6.07, 6.45) is 7.22. The molecule has 6 atom stereocenters. The molecule has 4 aliphatic rings. The zero-order valence-corrected chi connectivity index (χ0v) is 22.0. The van der Waals surface area contributed by atoms with Gasteiger partial charge in [0.2, 0.25) is 5.91 Å². The van der Waals surface area contributed by atoms with Crippen molar-refractivity contribution in [2.45, 2.75) is 44.1 Å². The van der Waals surface area contributed by atoms with E-state index in [0.717, 1.165) is 16.8 Å². The molecule has 1 spiro atoms. The number of likely N-dealkylation sites (tertiary alicyclic amines) is 1. The molecule has 2 amide bonds. The van der Waals surface area contributed by atoms with Gasteiger partial charge in [-0.15, -0.1) is 0 Å². The lowest BCUT2D eigenvalue weighted by molar-refractivity contribution is -0.155. The molecule has 6 rings (SSSR count). The van der Waals surface area contributed by atoms with Gasteiger partial charge in [-0.05, 0) is 37.0 Å². The molecule has 202 valence electrons. The fourth-order valence-corrected chi connectivity index (χ4v) is 6.84. The molecule has 2 fully saturated rings. The molecular formula is C31H32N2O6. The van der Waals surface area contributed by atoms with Gasteiger partial charge >= 0.3 is 5.97 Å². The SMILES string of the molecule is Cc1cccc(C)c1N1CC=C[C@]23O[C@H]4C=CCCOC(=O)[C@H]4[C@H]2C(=O)N([C@H](CO)c2ccccc2)C3C1=O. The summed E-state index contributed by atoms with van der Waals surface area (Å²) in [6.45, 7) is 4.02. The predicted octanol–water partition coefficient (Wildman–Crippen LogP) is 3.02. The number of cyclic esters (lactones) is 1. The average Bonchev–Trinajstić information content (AvgIpc) is 3.30. The van der Waals surface area contributed by atoms with Crippen LogP contribution in [0.1, 0.15) is 29.2 Å². The van der Waals surface area contributed by atoms with E-state index < -0.39 is 54.1 Å². The van der Waals surface area contributed by atoms with Crippen molar-refractivity contribution < 1.29 is 29.0 Å². The first kappa shape index (κ1) is 25.5. The second-order valence-corrected chi connectivity index (χ2v) is 10.7. The van der Waals surface area contributed by atoms with Gasteiger partial charge in [-0.3, -0.25) is 14.4 Å². The molecule has 0 bridgehead atoms. The average molecular weight is 529 g/mol. The quantitative estimate of drug-likeness (QED) is 0.484. The number of aliphatic hydroxyl groups is 1. The van der Waals surface area contributed by atoms with Gasteiger partial charge in [-0.25, -0.2) is 0 Å². The third-order valence-corrected chi connectivity index (χ3v) is 8.46. The fourth-order valence-electron chi connectivity index (χ4n) is 6.84. The number of amides is 2. The van der Waals surface area contributed by atoms with Crippen LogP contribution in [-0.4, -0.2) is 65.3 Å². The third kappa shape index (κ3) is 3.85. The third-order valence-electron chi connectivity index (χ3n) is 8.46. The Morgan fingerprint density at radius 2 is 1.74 bits per heavy atom. The molecule has 8 nitrogen and oxygen atoms in total. The minimum absolute atomic E-state index is 0.220. The molecule has 2 aromatic rings. The predicted molar refractivity (Wildman–Crippen MR) is 144 cm³/mol. The van der Waals surface area contributed by atoms with Crippen LogP contribution in [0.4, 0.5) is 5.69 Å². The Kier molecular flexibility index (Phi) is 6.40. The summed E-state index contributed by atoms with van der Waals surface area (Å²) in [5, 5.41) is 10.6. The molecular weight excluding hydrogens is 496 g/mol. The number of rotatable bonds is 4. The number of esters is 1. The lowest BCUT2D eigenvalue weighted by atomic mass is 9.77. The second kappa shape index (κ2) is 9.77. The van der Waals surface area contributed by atoms with Crippen molar-refractivity contribution in [3.63, 3.8) is 0 Å². The first-order valence-corrected chi connectivity index (χ1v) is 13.4. The van der Waals surface area contributed by atoms with Crippen LogP contribution in [0.25, 0.3) is 0 Å². The molecule has 39 heavy (non-hydrogen) atoms. The number of fused-ring (bicyclic) bond motifs is 2. The highest BCUT2D eigenvalue weighted by Crippen LogP contribution is 2.55. The lowest BCUT2D eigenvalue weighted by Gasteiger charge is -2.39. The van der Waals surface area contributed by atoms with Crippen LogP contribution in [0.2, 0.25) is 0 Å². The molecule has 2 saturated heterocycles. The van der Waals surface area contributed by atoms with E-state index in [4.69, 9.17) is 9.47 Å². The van der Waals surface area contributed by atoms with Crippen LogP contribution in [0.3, 0.4) is 0 Å². The first-order chi connectivity index (χ1) is 18.9. The first-order valence-electron chi connectivity index (χ1n) is 13.4. The monoisotopic (exact) mass is 528 g/mol. The number of ether oxygens (including phenoxy) is 2. The van der Waals surface area contributed by atoms with Crippen molar-refractivity contribution in [3.8, 4) is 0 Å². The molecule has 0 radical (unpaired) electrons. The number of nitrogens with zero attached hydrogens (tertiary/aromatic N) is 2. The standard InChI is InChI=1S/C31H32N2O6/c1-19-10-8-11-20(2)26(19)32-16-9-15-31-25(24-23(39-31)14-6-7-17-38-30(24)37)28(35)33(27(31)29(32)36)22(18-34)21-12-4-3-5-13-21/h3-6,8-15,22-25,27,34H,7,16-18H2,1-2H3/t22-,23+,24-,25+,27?,31+/m1/s1. The summed E-state index contributed by atoms with van der Waals surface area (Å²) in [5.74, 6) is -3.09. The maximum Gasteiger partial charge on any atom is 0.312 e. The second-order valence-electron chi connectivity index (χ2n) is 10.7. The van der Waals surface area contributed by atoms with Crippen LogP contribution in [0.5, 0.6) is 0 Å². The summed E-state index contributed by atoms with van der Waals surface area (Å²) < 4.78 is 12.2. The number of benzene rings is 2. The topological polar surface area (TPSA) is 96.4 Å². The summed E-state index contributed by atoms with van der Waals surface area (Å²) >= 11 is 0. The highest BCUT2D eigenvalue weighted by Gasteiger charge is 2.72. The van der Waals surface area contributed by atoms with E-state index in [-0.39, 0.29) is 19.1 Å². The highest BCUT2D eigenvalue weighted by molar-refractivity contribution is 6.06. The summed E-state index contributed by atoms with van der Waals surface area (Å²) in [4.78, 5) is 45.6. The summed E-state index contributed by atoms with van der Waals surface area (Å²) in [6, 6.07) is 13.1. The smallest absolute Gasteiger partial charge is 0.312 e. The van der Waals surface area contributed by atoms with Crippen LogP contribution in [0, 0.1) is 25.7 Å². The van der Waals surface area contributed by atoms with Crippen molar-refractivity contribution in [3.05, 3.63) is 89.5 Å². The van der Waals surface area contributed by atoms with Gasteiger partial charge in [-0.2, -0.15) is 0 Å².